The van der Waals surface area contributed by atoms with Crippen LogP contribution < -0.4 is 0 Å². The number of carbonyl (C=O) groups is 2. The van der Waals surface area contributed by atoms with Crippen LogP contribution in [-0.2, 0) is 38.0 Å². The molecule has 1 saturated carbocycles. The summed E-state index contributed by atoms with van der Waals surface area (Å²) in [5.74, 6) is -1.35. The van der Waals surface area contributed by atoms with Crippen molar-refractivity contribution < 1.29 is 45.9 Å². The highest BCUT2D eigenvalue weighted by Crippen LogP contribution is 2.44. The number of hydrogen-bond acceptors (Lipinski definition) is 10. The molecule has 0 aromatic heterocycles. The molecule has 0 amide bonds. The Hall–Kier alpha value is -2.83. The minimum Gasteiger partial charge on any atom is -0.453 e. The molecule has 0 radical (unpaired) electrons. The lowest BCUT2D eigenvalue weighted by Gasteiger charge is -2.57. The van der Waals surface area contributed by atoms with E-state index in [2.05, 4.69) is 0 Å². The van der Waals surface area contributed by atoms with Gasteiger partial charge in [0.05, 0.1) is 17.4 Å². The zero-order valence-corrected chi connectivity index (χ0v) is 18.1. The molecule has 174 valence electrons. The normalized spacial score (nSPS) is 32.3. The SMILES string of the molecule is CS(=O)(=O)OC1[C@H]2OC3OC([C@@H](OC(=O)c4ccccc4)[C@H]1O3)[C@@H]2OC(=O)c1ccccc1. The maximum Gasteiger partial charge on any atom is 0.338 e. The predicted octanol–water partition coefficient (Wildman–Crippen LogP) is 1.26. The summed E-state index contributed by atoms with van der Waals surface area (Å²) in [5.41, 5.74) is 0.557. The fourth-order valence-electron chi connectivity index (χ4n) is 4.18. The zero-order chi connectivity index (χ0) is 23.2. The summed E-state index contributed by atoms with van der Waals surface area (Å²) in [6.45, 7) is -1.14. The van der Waals surface area contributed by atoms with Gasteiger partial charge in [0.15, 0.2) is 12.2 Å². The van der Waals surface area contributed by atoms with Gasteiger partial charge >= 0.3 is 11.9 Å². The summed E-state index contributed by atoms with van der Waals surface area (Å²) in [6, 6.07) is 16.5. The van der Waals surface area contributed by atoms with Crippen LogP contribution in [-0.4, -0.2) is 69.7 Å². The molecule has 3 unspecified atom stereocenters. The van der Waals surface area contributed by atoms with Gasteiger partial charge in [0.1, 0.15) is 24.4 Å². The van der Waals surface area contributed by atoms with E-state index in [0.29, 0.717) is 0 Å². The molecule has 0 spiro atoms. The van der Waals surface area contributed by atoms with E-state index < -0.39 is 65.2 Å². The molecule has 2 aromatic carbocycles. The van der Waals surface area contributed by atoms with Gasteiger partial charge in [0, 0.05) is 0 Å². The average molecular weight is 476 g/mol. The minimum atomic E-state index is -3.96. The van der Waals surface area contributed by atoms with Gasteiger partial charge in [-0.1, -0.05) is 36.4 Å². The van der Waals surface area contributed by atoms with Crippen LogP contribution in [0.25, 0.3) is 0 Å². The predicted molar refractivity (Wildman–Crippen MR) is 109 cm³/mol. The smallest absolute Gasteiger partial charge is 0.338 e. The second-order valence-corrected chi connectivity index (χ2v) is 9.43. The fraction of sp³-hybridized carbons (Fsp3) is 0.364. The highest BCUT2D eigenvalue weighted by Gasteiger charge is 2.66. The molecule has 2 aromatic rings. The summed E-state index contributed by atoms with van der Waals surface area (Å²) < 4.78 is 57.4. The van der Waals surface area contributed by atoms with Crippen molar-refractivity contribution in [3.8, 4) is 0 Å². The molecule has 6 rings (SSSR count). The van der Waals surface area contributed by atoms with E-state index in [-0.39, 0.29) is 11.1 Å². The second kappa shape index (κ2) is 8.50. The maximum atomic E-state index is 12.7. The van der Waals surface area contributed by atoms with Crippen molar-refractivity contribution in [1.29, 1.82) is 0 Å². The molecule has 0 N–H and O–H groups in total. The number of benzene rings is 2. The van der Waals surface area contributed by atoms with Crippen LogP contribution in [0.3, 0.4) is 0 Å². The lowest BCUT2D eigenvalue weighted by molar-refractivity contribution is -0.476. The molecule has 4 fully saturated rings. The van der Waals surface area contributed by atoms with Gasteiger partial charge in [-0.2, -0.15) is 8.42 Å². The first-order valence-corrected chi connectivity index (χ1v) is 12.0. The van der Waals surface area contributed by atoms with E-state index in [1.54, 1.807) is 60.7 Å². The van der Waals surface area contributed by atoms with Crippen LogP contribution in [0.15, 0.2) is 60.7 Å². The zero-order valence-electron chi connectivity index (χ0n) is 17.3. The van der Waals surface area contributed by atoms with E-state index in [0.717, 1.165) is 6.26 Å². The molecule has 3 heterocycles. The summed E-state index contributed by atoms with van der Waals surface area (Å²) in [7, 11) is -3.96. The second-order valence-electron chi connectivity index (χ2n) is 7.83. The van der Waals surface area contributed by atoms with Crippen molar-refractivity contribution >= 4 is 22.1 Å². The van der Waals surface area contributed by atoms with Crippen molar-refractivity contribution in [2.75, 3.05) is 6.26 Å². The van der Waals surface area contributed by atoms with Gasteiger partial charge in [-0.25, -0.2) is 9.59 Å². The maximum absolute atomic E-state index is 12.7. The molecule has 33 heavy (non-hydrogen) atoms. The Bertz CT molecular complexity index is 1060. The first kappa shape index (κ1) is 22.0. The topological polar surface area (TPSA) is 124 Å². The standard InChI is InChI=1S/C22H20O10S/c1-33(25,26)32-19-17-14(27-20(23)12-8-4-2-5-9-12)16-15(18(19)31-22(29-16)30-17)28-21(24)13-10-6-3-7-11-13/h2-11,14-19,22H,1H3/t14-,15+,16?,17-,18+,19?,22?. The van der Waals surface area contributed by atoms with Crippen molar-refractivity contribution in [3.05, 3.63) is 71.8 Å². The van der Waals surface area contributed by atoms with Crippen molar-refractivity contribution in [2.24, 2.45) is 0 Å². The van der Waals surface area contributed by atoms with Gasteiger partial charge in [-0.3, -0.25) is 4.18 Å². The highest BCUT2D eigenvalue weighted by molar-refractivity contribution is 7.86. The third-order valence-corrected chi connectivity index (χ3v) is 6.11. The Morgan fingerprint density at radius 3 is 1.48 bits per heavy atom. The lowest BCUT2D eigenvalue weighted by Crippen LogP contribution is -2.76. The fourth-order valence-corrected chi connectivity index (χ4v) is 4.80. The van der Waals surface area contributed by atoms with E-state index in [1.807, 2.05) is 0 Å². The molecule has 4 bridgehead atoms. The summed E-state index contributed by atoms with van der Waals surface area (Å²) in [4.78, 5) is 25.5. The van der Waals surface area contributed by atoms with Gasteiger partial charge in [0.25, 0.3) is 16.6 Å². The van der Waals surface area contributed by atoms with E-state index in [4.69, 9.17) is 27.9 Å². The lowest BCUT2D eigenvalue weighted by atomic mass is 9.82. The number of esters is 2. The van der Waals surface area contributed by atoms with E-state index in [1.165, 1.54) is 0 Å². The Balaban J connectivity index is 1.46. The van der Waals surface area contributed by atoms with Gasteiger partial charge in [-0.15, -0.1) is 0 Å². The average Bonchev–Trinajstić information content (AvgIpc) is 2.80. The Labute approximate surface area is 189 Å². The molecule has 3 aliphatic heterocycles. The third kappa shape index (κ3) is 4.37. The Kier molecular flexibility index (Phi) is 5.67. The monoisotopic (exact) mass is 476 g/mol. The molecular formula is C22H20O10S. The summed E-state index contributed by atoms with van der Waals surface area (Å²) >= 11 is 0. The van der Waals surface area contributed by atoms with Crippen LogP contribution in [0.1, 0.15) is 20.7 Å². The molecule has 3 saturated heterocycles. The quantitative estimate of drug-likeness (QED) is 0.445. The molecule has 11 heteroatoms. The first-order chi connectivity index (χ1) is 15.8. The molecule has 7 atom stereocenters. The summed E-state index contributed by atoms with van der Waals surface area (Å²) in [5, 5.41) is 0. The van der Waals surface area contributed by atoms with Crippen LogP contribution in [0, 0.1) is 0 Å². The summed E-state index contributed by atoms with van der Waals surface area (Å²) in [6.07, 6.45) is -5.55. The largest absolute Gasteiger partial charge is 0.453 e. The third-order valence-electron chi connectivity index (χ3n) is 5.54. The Morgan fingerprint density at radius 1 is 0.697 bits per heavy atom. The molecule has 4 aliphatic rings. The molecule has 1 aliphatic carbocycles. The minimum absolute atomic E-state index is 0.279. The van der Waals surface area contributed by atoms with Crippen LogP contribution in [0.2, 0.25) is 0 Å². The van der Waals surface area contributed by atoms with Gasteiger partial charge < -0.3 is 23.7 Å². The first-order valence-electron chi connectivity index (χ1n) is 10.2. The number of hydrogen-bond donors (Lipinski definition) is 0. The van der Waals surface area contributed by atoms with Gasteiger partial charge in [0.2, 0.25) is 0 Å². The van der Waals surface area contributed by atoms with Crippen LogP contribution in [0.5, 0.6) is 0 Å². The van der Waals surface area contributed by atoms with Crippen molar-refractivity contribution in [2.45, 2.75) is 43.1 Å². The molecule has 10 nitrogen and oxygen atoms in total. The number of ether oxygens (including phenoxy) is 5. The highest BCUT2D eigenvalue weighted by atomic mass is 32.2. The number of rotatable bonds is 6. The Morgan fingerprint density at radius 2 is 1.09 bits per heavy atom. The molecular weight excluding hydrogens is 456 g/mol. The van der Waals surface area contributed by atoms with E-state index >= 15 is 0 Å². The number of carbonyl (C=O) groups excluding carboxylic acids is 2. The van der Waals surface area contributed by atoms with Crippen LogP contribution in [0.4, 0.5) is 0 Å². The van der Waals surface area contributed by atoms with Crippen molar-refractivity contribution in [3.63, 3.8) is 0 Å². The van der Waals surface area contributed by atoms with Crippen molar-refractivity contribution in [1.82, 2.24) is 0 Å². The van der Waals surface area contributed by atoms with Crippen LogP contribution >= 0.6 is 0 Å². The van der Waals surface area contributed by atoms with Gasteiger partial charge in [-0.05, 0) is 24.3 Å². The van der Waals surface area contributed by atoms with E-state index in [9.17, 15) is 18.0 Å².